The molecule has 0 aromatic carbocycles. The Morgan fingerprint density at radius 1 is 1.53 bits per heavy atom. The molecule has 0 unspecified atom stereocenters. The largest absolute Gasteiger partial charge is 0.480 e. The molecule has 0 aliphatic heterocycles. The lowest BCUT2D eigenvalue weighted by Crippen LogP contribution is -2.56. The van der Waals surface area contributed by atoms with Crippen LogP contribution in [0.1, 0.15) is 26.5 Å². The van der Waals surface area contributed by atoms with E-state index in [0.717, 1.165) is 5.69 Å². The summed E-state index contributed by atoms with van der Waals surface area (Å²) in [7, 11) is 0. The third-order valence-electron chi connectivity index (χ3n) is 2.98. The Balaban J connectivity index is 2.52. The number of nitrogens with one attached hydrogen (secondary N) is 2. The minimum Gasteiger partial charge on any atom is -0.480 e. The molecule has 7 nitrogen and oxygen atoms in total. The smallest absolute Gasteiger partial charge is 0.329 e. The molecule has 1 heterocycles. The SMILES string of the molecule is CCN(C(=O)NCCc1cnc[nH]1)C(C)(C)C(=O)O. The number of aromatic amines is 1. The van der Waals surface area contributed by atoms with Crippen molar-refractivity contribution in [3.05, 3.63) is 18.2 Å². The number of carboxylic acids is 1. The molecule has 3 N–H and O–H groups in total. The summed E-state index contributed by atoms with van der Waals surface area (Å²) >= 11 is 0. The number of carbonyl (C=O) groups excluding carboxylic acids is 1. The van der Waals surface area contributed by atoms with Crippen molar-refractivity contribution >= 4 is 12.0 Å². The van der Waals surface area contributed by atoms with Crippen LogP contribution in [-0.4, -0.2) is 50.6 Å². The summed E-state index contributed by atoms with van der Waals surface area (Å²) in [6, 6.07) is -0.380. The number of urea groups is 1. The van der Waals surface area contributed by atoms with Gasteiger partial charge in [0.1, 0.15) is 5.54 Å². The summed E-state index contributed by atoms with van der Waals surface area (Å²) in [5.41, 5.74) is -0.312. The number of hydrogen-bond donors (Lipinski definition) is 3. The van der Waals surface area contributed by atoms with E-state index in [0.29, 0.717) is 19.5 Å². The molecule has 0 spiro atoms. The molecule has 106 valence electrons. The van der Waals surface area contributed by atoms with Gasteiger partial charge in [-0.25, -0.2) is 14.6 Å². The first-order valence-electron chi connectivity index (χ1n) is 6.15. The van der Waals surface area contributed by atoms with Crippen molar-refractivity contribution in [2.75, 3.05) is 13.1 Å². The summed E-state index contributed by atoms with van der Waals surface area (Å²) in [4.78, 5) is 31.2. The number of amides is 2. The maximum Gasteiger partial charge on any atom is 0.329 e. The molecule has 0 atom stereocenters. The second kappa shape index (κ2) is 6.21. The van der Waals surface area contributed by atoms with E-state index in [2.05, 4.69) is 15.3 Å². The van der Waals surface area contributed by atoms with Crippen molar-refractivity contribution in [3.63, 3.8) is 0 Å². The number of aliphatic carboxylic acids is 1. The van der Waals surface area contributed by atoms with Gasteiger partial charge in [0, 0.05) is 31.4 Å². The number of nitrogens with zero attached hydrogens (tertiary/aromatic N) is 2. The molecular formula is C12H20N4O3. The van der Waals surface area contributed by atoms with E-state index in [9.17, 15) is 9.59 Å². The van der Waals surface area contributed by atoms with E-state index < -0.39 is 11.5 Å². The van der Waals surface area contributed by atoms with Crippen molar-refractivity contribution in [1.29, 1.82) is 0 Å². The van der Waals surface area contributed by atoms with Crippen LogP contribution in [0.5, 0.6) is 0 Å². The fraction of sp³-hybridized carbons (Fsp3) is 0.583. The molecule has 1 aromatic rings. The minimum atomic E-state index is -1.23. The van der Waals surface area contributed by atoms with E-state index in [-0.39, 0.29) is 6.03 Å². The number of likely N-dealkylation sites (N-methyl/N-ethyl adjacent to an activating group) is 1. The van der Waals surface area contributed by atoms with Crippen LogP contribution in [0.25, 0.3) is 0 Å². The lowest BCUT2D eigenvalue weighted by atomic mass is 10.0. The van der Waals surface area contributed by atoms with Gasteiger partial charge in [-0.1, -0.05) is 0 Å². The van der Waals surface area contributed by atoms with Crippen LogP contribution in [0, 0.1) is 0 Å². The van der Waals surface area contributed by atoms with Gasteiger partial charge in [-0.15, -0.1) is 0 Å². The van der Waals surface area contributed by atoms with Crippen molar-refractivity contribution in [2.45, 2.75) is 32.7 Å². The molecule has 0 bridgehead atoms. The van der Waals surface area contributed by atoms with E-state index in [1.165, 1.54) is 18.7 Å². The van der Waals surface area contributed by atoms with Crippen LogP contribution >= 0.6 is 0 Å². The lowest BCUT2D eigenvalue weighted by Gasteiger charge is -2.34. The molecule has 0 aliphatic carbocycles. The van der Waals surface area contributed by atoms with Gasteiger partial charge in [0.15, 0.2) is 0 Å². The van der Waals surface area contributed by atoms with Crippen LogP contribution in [-0.2, 0) is 11.2 Å². The normalized spacial score (nSPS) is 11.1. The predicted molar refractivity (Wildman–Crippen MR) is 69.8 cm³/mol. The van der Waals surface area contributed by atoms with Crippen LogP contribution in [0.2, 0.25) is 0 Å². The van der Waals surface area contributed by atoms with Crippen LogP contribution in [0.4, 0.5) is 4.79 Å². The summed E-state index contributed by atoms with van der Waals surface area (Å²) in [6.45, 7) is 5.52. The van der Waals surface area contributed by atoms with Crippen molar-refractivity contribution < 1.29 is 14.7 Å². The topological polar surface area (TPSA) is 98.3 Å². The Labute approximate surface area is 112 Å². The Kier molecular flexibility index (Phi) is 4.91. The zero-order chi connectivity index (χ0) is 14.5. The van der Waals surface area contributed by atoms with E-state index in [1.807, 2.05) is 0 Å². The molecule has 0 radical (unpaired) electrons. The molecule has 0 saturated heterocycles. The van der Waals surface area contributed by atoms with Crippen LogP contribution < -0.4 is 5.32 Å². The Bertz CT molecular complexity index is 428. The zero-order valence-corrected chi connectivity index (χ0v) is 11.4. The molecule has 19 heavy (non-hydrogen) atoms. The number of aromatic nitrogens is 2. The number of carboxylic acid groups (broad SMARTS) is 1. The van der Waals surface area contributed by atoms with E-state index in [1.54, 1.807) is 19.4 Å². The summed E-state index contributed by atoms with van der Waals surface area (Å²) < 4.78 is 0. The summed E-state index contributed by atoms with van der Waals surface area (Å²) in [5.74, 6) is -1.03. The highest BCUT2D eigenvalue weighted by Crippen LogP contribution is 2.14. The van der Waals surface area contributed by atoms with Gasteiger partial charge in [-0.3, -0.25) is 0 Å². The van der Waals surface area contributed by atoms with Gasteiger partial charge in [-0.05, 0) is 20.8 Å². The number of H-pyrrole nitrogens is 1. The molecule has 7 heteroatoms. The van der Waals surface area contributed by atoms with Gasteiger partial charge in [-0.2, -0.15) is 0 Å². The van der Waals surface area contributed by atoms with Gasteiger partial charge in [0.25, 0.3) is 0 Å². The standard InChI is InChI=1S/C12H20N4O3/c1-4-16(12(2,3)10(17)18)11(19)14-6-5-9-7-13-8-15-9/h7-8H,4-6H2,1-3H3,(H,13,15)(H,14,19)(H,17,18). The first-order chi connectivity index (χ1) is 8.89. The third kappa shape index (κ3) is 3.70. The minimum absolute atomic E-state index is 0.329. The molecular weight excluding hydrogens is 248 g/mol. The molecule has 0 fully saturated rings. The molecule has 2 amide bonds. The Hall–Kier alpha value is -2.05. The highest BCUT2D eigenvalue weighted by Gasteiger charge is 2.36. The van der Waals surface area contributed by atoms with Crippen LogP contribution in [0.3, 0.4) is 0 Å². The number of carbonyl (C=O) groups is 2. The van der Waals surface area contributed by atoms with Gasteiger partial charge >= 0.3 is 12.0 Å². The average molecular weight is 268 g/mol. The average Bonchev–Trinajstić information content (AvgIpc) is 2.82. The molecule has 1 aromatic heterocycles. The number of imidazole rings is 1. The van der Waals surface area contributed by atoms with Crippen molar-refractivity contribution in [2.24, 2.45) is 0 Å². The lowest BCUT2D eigenvalue weighted by molar-refractivity contribution is -0.147. The highest BCUT2D eigenvalue weighted by atomic mass is 16.4. The number of hydrogen-bond acceptors (Lipinski definition) is 3. The zero-order valence-electron chi connectivity index (χ0n) is 11.4. The molecule has 0 saturated carbocycles. The third-order valence-corrected chi connectivity index (χ3v) is 2.98. The first kappa shape index (κ1) is 15.0. The van der Waals surface area contributed by atoms with Gasteiger partial charge < -0.3 is 20.3 Å². The maximum atomic E-state index is 12.0. The second-order valence-corrected chi connectivity index (χ2v) is 4.67. The fourth-order valence-electron chi connectivity index (χ4n) is 1.73. The first-order valence-corrected chi connectivity index (χ1v) is 6.15. The highest BCUT2D eigenvalue weighted by molar-refractivity contribution is 5.85. The van der Waals surface area contributed by atoms with E-state index in [4.69, 9.17) is 5.11 Å². The summed E-state index contributed by atoms with van der Waals surface area (Å²) in [5, 5.41) is 11.8. The molecule has 1 rings (SSSR count). The van der Waals surface area contributed by atoms with Crippen molar-refractivity contribution in [3.8, 4) is 0 Å². The van der Waals surface area contributed by atoms with Gasteiger partial charge in [0.05, 0.1) is 6.33 Å². The predicted octanol–water partition coefficient (Wildman–Crippen LogP) is 0.847. The quantitative estimate of drug-likeness (QED) is 0.712. The fourth-order valence-corrected chi connectivity index (χ4v) is 1.73. The van der Waals surface area contributed by atoms with Crippen LogP contribution in [0.15, 0.2) is 12.5 Å². The Morgan fingerprint density at radius 2 is 2.21 bits per heavy atom. The second-order valence-electron chi connectivity index (χ2n) is 4.67. The van der Waals surface area contributed by atoms with Crippen molar-refractivity contribution in [1.82, 2.24) is 20.2 Å². The summed E-state index contributed by atoms with van der Waals surface area (Å²) in [6.07, 6.45) is 3.88. The maximum absolute atomic E-state index is 12.0. The Morgan fingerprint density at radius 3 is 2.68 bits per heavy atom. The van der Waals surface area contributed by atoms with Gasteiger partial charge in [0.2, 0.25) is 0 Å². The molecule has 0 aliphatic rings. The monoisotopic (exact) mass is 268 g/mol. The van der Waals surface area contributed by atoms with E-state index >= 15 is 0 Å². The number of rotatable bonds is 6.